The van der Waals surface area contributed by atoms with Crippen LogP contribution in [0.3, 0.4) is 0 Å². The second-order valence-corrected chi connectivity index (χ2v) is 5.92. The fraction of sp³-hybridized carbons (Fsp3) is 0.294. The zero-order chi connectivity index (χ0) is 19.2. The third kappa shape index (κ3) is 5.27. The normalized spacial score (nSPS) is 10.7. The summed E-state index contributed by atoms with van der Waals surface area (Å²) in [5, 5.41) is 14.8. The molecule has 10 heteroatoms. The lowest BCUT2D eigenvalue weighted by Crippen LogP contribution is -2.25. The first-order valence-electron chi connectivity index (χ1n) is 8.37. The molecule has 2 heterocycles. The van der Waals surface area contributed by atoms with E-state index in [0.29, 0.717) is 35.9 Å². The van der Waals surface area contributed by atoms with Crippen LogP contribution in [0, 0.1) is 12.7 Å². The number of nitrogens with one attached hydrogen (secondary N) is 2. The molecule has 2 aromatic heterocycles. The van der Waals surface area contributed by atoms with Crippen LogP contribution >= 0.6 is 0 Å². The predicted molar refractivity (Wildman–Crippen MR) is 93.9 cm³/mol. The molecule has 0 saturated carbocycles. The van der Waals surface area contributed by atoms with Crippen molar-refractivity contribution in [3.8, 4) is 11.4 Å². The molecule has 1 amide bonds. The number of carbonyl (C=O) groups excluding carboxylic acids is 1. The van der Waals surface area contributed by atoms with Crippen molar-refractivity contribution in [3.63, 3.8) is 0 Å². The smallest absolute Gasteiger partial charge is 0.251 e. The molecule has 2 N–H and O–H groups in total. The van der Waals surface area contributed by atoms with Crippen LogP contribution < -0.4 is 10.9 Å². The Bertz CT molecular complexity index is 981. The molecule has 27 heavy (non-hydrogen) atoms. The highest BCUT2D eigenvalue weighted by atomic mass is 19.1. The molecule has 0 aliphatic rings. The van der Waals surface area contributed by atoms with Crippen LogP contribution in [0.25, 0.3) is 11.4 Å². The second kappa shape index (κ2) is 8.30. The zero-order valence-corrected chi connectivity index (χ0v) is 14.6. The van der Waals surface area contributed by atoms with Gasteiger partial charge in [-0.25, -0.2) is 9.37 Å². The van der Waals surface area contributed by atoms with Gasteiger partial charge in [-0.1, -0.05) is 0 Å². The van der Waals surface area contributed by atoms with Crippen molar-refractivity contribution in [2.45, 2.75) is 32.9 Å². The van der Waals surface area contributed by atoms with Crippen molar-refractivity contribution in [3.05, 3.63) is 58.0 Å². The van der Waals surface area contributed by atoms with Gasteiger partial charge >= 0.3 is 0 Å². The molecule has 0 radical (unpaired) electrons. The third-order valence-electron chi connectivity index (χ3n) is 3.70. The Hall–Kier alpha value is -3.43. The lowest BCUT2D eigenvalue weighted by molar-refractivity contribution is -0.121. The highest BCUT2D eigenvalue weighted by Gasteiger charge is 2.08. The molecule has 0 aliphatic carbocycles. The van der Waals surface area contributed by atoms with Crippen LogP contribution in [-0.4, -0.2) is 36.1 Å². The Kier molecular flexibility index (Phi) is 5.64. The lowest BCUT2D eigenvalue weighted by Gasteiger charge is -2.05. The first-order valence-corrected chi connectivity index (χ1v) is 8.37. The minimum Gasteiger partial charge on any atom is -0.350 e. The van der Waals surface area contributed by atoms with E-state index in [4.69, 9.17) is 0 Å². The number of hydrogen-bond donors (Lipinski definition) is 2. The van der Waals surface area contributed by atoms with Crippen LogP contribution in [0.15, 0.2) is 35.1 Å². The average Bonchev–Trinajstić information content (AvgIpc) is 3.09. The average molecular weight is 371 g/mol. The number of nitrogens with zero attached hydrogens (tertiary/aromatic N) is 5. The summed E-state index contributed by atoms with van der Waals surface area (Å²) >= 11 is 0. The van der Waals surface area contributed by atoms with Gasteiger partial charge in [0, 0.05) is 18.1 Å². The molecule has 0 bridgehead atoms. The SMILES string of the molecule is Cc1nc(CNC(=O)CCCn2nnc(-c3ccc(F)cc3)n2)cc(=O)[nH]1. The number of hydrogen-bond acceptors (Lipinski definition) is 6. The summed E-state index contributed by atoms with van der Waals surface area (Å²) in [6, 6.07) is 7.17. The van der Waals surface area contributed by atoms with E-state index in [-0.39, 0.29) is 30.2 Å². The van der Waals surface area contributed by atoms with E-state index in [0.717, 1.165) is 0 Å². The number of carbonyl (C=O) groups is 1. The van der Waals surface area contributed by atoms with Crippen molar-refractivity contribution in [2.75, 3.05) is 0 Å². The molecule has 3 rings (SSSR count). The monoisotopic (exact) mass is 371 g/mol. The van der Waals surface area contributed by atoms with E-state index in [2.05, 4.69) is 30.7 Å². The standard InChI is InChI=1S/C17H18FN7O2/c1-11-20-14(9-16(27)21-11)10-19-15(26)3-2-8-25-23-17(22-24-25)12-4-6-13(18)7-5-12/h4-7,9H,2-3,8,10H2,1H3,(H,19,26)(H,20,21,27). The summed E-state index contributed by atoms with van der Waals surface area (Å²) < 4.78 is 12.9. The van der Waals surface area contributed by atoms with Crippen molar-refractivity contribution >= 4 is 5.91 Å². The topological polar surface area (TPSA) is 118 Å². The third-order valence-corrected chi connectivity index (χ3v) is 3.70. The fourth-order valence-electron chi connectivity index (χ4n) is 2.44. The molecule has 0 fully saturated rings. The minimum absolute atomic E-state index is 0.159. The summed E-state index contributed by atoms with van der Waals surface area (Å²) in [6.07, 6.45) is 0.794. The summed E-state index contributed by atoms with van der Waals surface area (Å²) in [5.74, 6) is 0.410. The number of amides is 1. The molecule has 0 spiro atoms. The van der Waals surface area contributed by atoms with Gasteiger partial charge in [0.05, 0.1) is 18.8 Å². The minimum atomic E-state index is -0.331. The number of H-pyrrole nitrogens is 1. The van der Waals surface area contributed by atoms with Crippen LogP contribution in [-0.2, 0) is 17.9 Å². The molecule has 0 unspecified atom stereocenters. The maximum absolute atomic E-state index is 12.9. The van der Waals surface area contributed by atoms with Crippen molar-refractivity contribution in [2.24, 2.45) is 0 Å². The number of rotatable bonds is 7. The Balaban J connectivity index is 1.45. The summed E-state index contributed by atoms with van der Waals surface area (Å²) in [4.78, 5) is 31.4. The first kappa shape index (κ1) is 18.4. The van der Waals surface area contributed by atoms with Gasteiger partial charge < -0.3 is 10.3 Å². The second-order valence-electron chi connectivity index (χ2n) is 5.92. The number of benzene rings is 1. The van der Waals surface area contributed by atoms with Gasteiger partial charge in [-0.3, -0.25) is 9.59 Å². The number of tetrazole rings is 1. The fourth-order valence-corrected chi connectivity index (χ4v) is 2.44. The Morgan fingerprint density at radius 3 is 2.81 bits per heavy atom. The van der Waals surface area contributed by atoms with E-state index in [9.17, 15) is 14.0 Å². The number of halogens is 1. The molecule has 0 atom stereocenters. The van der Waals surface area contributed by atoms with Crippen LogP contribution in [0.5, 0.6) is 0 Å². The first-order chi connectivity index (χ1) is 13.0. The quantitative estimate of drug-likeness (QED) is 0.639. The van der Waals surface area contributed by atoms with Crippen molar-refractivity contribution < 1.29 is 9.18 Å². The molecule has 3 aromatic rings. The van der Waals surface area contributed by atoms with Crippen LogP contribution in [0.1, 0.15) is 24.4 Å². The van der Waals surface area contributed by atoms with Crippen LogP contribution in [0.2, 0.25) is 0 Å². The maximum atomic E-state index is 12.9. The van der Waals surface area contributed by atoms with E-state index in [1.807, 2.05) is 0 Å². The molecule has 140 valence electrons. The summed E-state index contributed by atoms with van der Waals surface area (Å²) in [7, 11) is 0. The van der Waals surface area contributed by atoms with E-state index in [1.165, 1.54) is 23.0 Å². The molecular weight excluding hydrogens is 353 g/mol. The van der Waals surface area contributed by atoms with Gasteiger partial charge in [-0.2, -0.15) is 4.80 Å². The summed E-state index contributed by atoms with van der Waals surface area (Å²) in [6.45, 7) is 2.29. The summed E-state index contributed by atoms with van der Waals surface area (Å²) in [5.41, 5.74) is 0.925. The Labute approximate surface area is 153 Å². The van der Waals surface area contributed by atoms with Gasteiger partial charge in [-0.15, -0.1) is 10.2 Å². The molecule has 9 nitrogen and oxygen atoms in total. The molecule has 1 aromatic carbocycles. The molecule has 0 saturated heterocycles. The zero-order valence-electron chi connectivity index (χ0n) is 14.6. The van der Waals surface area contributed by atoms with Gasteiger partial charge in [0.2, 0.25) is 11.7 Å². The van der Waals surface area contributed by atoms with E-state index >= 15 is 0 Å². The number of aryl methyl sites for hydroxylation is 2. The van der Waals surface area contributed by atoms with Gasteiger partial charge in [0.15, 0.2) is 0 Å². The Morgan fingerprint density at radius 1 is 1.30 bits per heavy atom. The van der Waals surface area contributed by atoms with E-state index in [1.54, 1.807) is 19.1 Å². The highest BCUT2D eigenvalue weighted by Crippen LogP contribution is 2.13. The van der Waals surface area contributed by atoms with Crippen molar-refractivity contribution in [1.82, 2.24) is 35.5 Å². The lowest BCUT2D eigenvalue weighted by atomic mass is 10.2. The number of aromatic nitrogens is 6. The van der Waals surface area contributed by atoms with E-state index < -0.39 is 0 Å². The largest absolute Gasteiger partial charge is 0.350 e. The maximum Gasteiger partial charge on any atom is 0.251 e. The van der Waals surface area contributed by atoms with Gasteiger partial charge in [-0.05, 0) is 42.8 Å². The van der Waals surface area contributed by atoms with Gasteiger partial charge in [0.25, 0.3) is 5.56 Å². The number of aromatic amines is 1. The Morgan fingerprint density at radius 2 is 2.07 bits per heavy atom. The van der Waals surface area contributed by atoms with Crippen LogP contribution in [0.4, 0.5) is 4.39 Å². The molecule has 0 aliphatic heterocycles. The predicted octanol–water partition coefficient (Wildman–Crippen LogP) is 0.968. The highest BCUT2D eigenvalue weighted by molar-refractivity contribution is 5.75. The van der Waals surface area contributed by atoms with Crippen molar-refractivity contribution in [1.29, 1.82) is 0 Å². The molecular formula is C17H18FN7O2. The van der Waals surface area contributed by atoms with Gasteiger partial charge in [0.1, 0.15) is 11.6 Å².